The van der Waals surface area contributed by atoms with Gasteiger partial charge in [0.25, 0.3) is 11.8 Å². The maximum atomic E-state index is 12.8. The van der Waals surface area contributed by atoms with Crippen molar-refractivity contribution in [2.24, 2.45) is 0 Å². The number of benzene rings is 1. The third kappa shape index (κ3) is 4.12. The van der Waals surface area contributed by atoms with Gasteiger partial charge in [-0.1, -0.05) is 0 Å². The van der Waals surface area contributed by atoms with Crippen LogP contribution in [0, 0.1) is 6.92 Å². The van der Waals surface area contributed by atoms with Crippen molar-refractivity contribution in [3.63, 3.8) is 0 Å². The van der Waals surface area contributed by atoms with Crippen LogP contribution in [0.2, 0.25) is 0 Å². The van der Waals surface area contributed by atoms with Crippen LogP contribution in [-0.4, -0.2) is 59.1 Å². The summed E-state index contributed by atoms with van der Waals surface area (Å²) in [7, 11) is 0. The van der Waals surface area contributed by atoms with Gasteiger partial charge in [0, 0.05) is 43.1 Å². The van der Waals surface area contributed by atoms with Crippen LogP contribution in [0.15, 0.2) is 40.8 Å². The molecule has 0 bridgehead atoms. The van der Waals surface area contributed by atoms with Gasteiger partial charge < -0.3 is 23.9 Å². The van der Waals surface area contributed by atoms with Gasteiger partial charge in [-0.2, -0.15) is 0 Å². The molecule has 2 amide bonds. The van der Waals surface area contributed by atoms with Gasteiger partial charge in [-0.05, 0) is 37.3 Å². The molecular weight excluding hydrogens is 403 g/mol. The molecule has 0 aliphatic carbocycles. The lowest BCUT2D eigenvalue weighted by molar-refractivity contribution is -0.274. The van der Waals surface area contributed by atoms with Crippen LogP contribution >= 0.6 is 0 Å². The zero-order valence-corrected chi connectivity index (χ0v) is 16.0. The van der Waals surface area contributed by atoms with Crippen molar-refractivity contribution in [3.05, 3.63) is 53.6 Å². The lowest BCUT2D eigenvalue weighted by atomic mass is 10.2. The van der Waals surface area contributed by atoms with Crippen LogP contribution in [0.25, 0.3) is 10.9 Å². The zero-order valence-electron chi connectivity index (χ0n) is 16.0. The summed E-state index contributed by atoms with van der Waals surface area (Å²) in [6.07, 6.45) is -4.79. The number of hydrogen-bond acceptors (Lipinski definition) is 4. The van der Waals surface area contributed by atoms with Crippen LogP contribution in [0.4, 0.5) is 13.2 Å². The third-order valence-corrected chi connectivity index (χ3v) is 4.86. The van der Waals surface area contributed by atoms with E-state index in [1.165, 1.54) is 18.2 Å². The van der Waals surface area contributed by atoms with Crippen LogP contribution in [0.5, 0.6) is 5.75 Å². The molecule has 1 aliphatic rings. The number of H-pyrrole nitrogens is 1. The van der Waals surface area contributed by atoms with E-state index in [1.54, 1.807) is 34.9 Å². The van der Waals surface area contributed by atoms with E-state index in [2.05, 4.69) is 9.72 Å². The minimum Gasteiger partial charge on any atom is -0.456 e. The Balaban J connectivity index is 1.42. The first-order chi connectivity index (χ1) is 14.2. The zero-order chi connectivity index (χ0) is 21.5. The van der Waals surface area contributed by atoms with Crippen LogP contribution < -0.4 is 4.74 Å². The average molecular weight is 421 g/mol. The van der Waals surface area contributed by atoms with E-state index in [-0.39, 0.29) is 29.0 Å². The number of halogens is 3. The number of amides is 2. The molecule has 30 heavy (non-hydrogen) atoms. The highest BCUT2D eigenvalue weighted by molar-refractivity contribution is 5.98. The molecule has 1 fully saturated rings. The molecule has 10 heteroatoms. The van der Waals surface area contributed by atoms with E-state index in [9.17, 15) is 22.8 Å². The Labute approximate surface area is 169 Å². The van der Waals surface area contributed by atoms with Crippen molar-refractivity contribution in [1.82, 2.24) is 14.8 Å². The number of nitrogens with zero attached hydrogens (tertiary/aromatic N) is 2. The summed E-state index contributed by atoms with van der Waals surface area (Å²) in [4.78, 5) is 31.3. The van der Waals surface area contributed by atoms with E-state index in [0.717, 1.165) is 0 Å². The number of nitrogens with one attached hydrogen (secondary N) is 1. The van der Waals surface area contributed by atoms with E-state index in [1.807, 2.05) is 0 Å². The number of furan rings is 1. The Hall–Kier alpha value is -3.43. The Morgan fingerprint density at radius 2 is 1.67 bits per heavy atom. The summed E-state index contributed by atoms with van der Waals surface area (Å²) in [5.41, 5.74) is 0.623. The second-order valence-corrected chi connectivity index (χ2v) is 6.97. The molecule has 3 heterocycles. The van der Waals surface area contributed by atoms with Crippen LogP contribution in [0.1, 0.15) is 26.8 Å². The van der Waals surface area contributed by atoms with E-state index in [4.69, 9.17) is 4.42 Å². The third-order valence-electron chi connectivity index (χ3n) is 4.86. The monoisotopic (exact) mass is 421 g/mol. The number of hydrogen-bond donors (Lipinski definition) is 1. The Morgan fingerprint density at radius 3 is 2.27 bits per heavy atom. The predicted molar refractivity (Wildman–Crippen MR) is 100 cm³/mol. The predicted octanol–water partition coefficient (Wildman–Crippen LogP) is 3.57. The van der Waals surface area contributed by atoms with Gasteiger partial charge in [-0.25, -0.2) is 0 Å². The number of aromatic nitrogens is 1. The van der Waals surface area contributed by atoms with Crippen LogP contribution in [0.3, 0.4) is 0 Å². The van der Waals surface area contributed by atoms with E-state index < -0.39 is 6.36 Å². The van der Waals surface area contributed by atoms with Gasteiger partial charge in [-0.3, -0.25) is 9.59 Å². The van der Waals surface area contributed by atoms with Gasteiger partial charge in [0.15, 0.2) is 5.76 Å². The van der Waals surface area contributed by atoms with Gasteiger partial charge in [0.05, 0.1) is 0 Å². The molecule has 158 valence electrons. The SMILES string of the molecule is Cc1ccc(C(=O)N2CCN(C(=O)c3cc4ccc(OC(F)(F)F)cc4[nH]3)CC2)o1. The number of carbonyl (C=O) groups is 2. The highest BCUT2D eigenvalue weighted by atomic mass is 19.4. The first-order valence-corrected chi connectivity index (χ1v) is 9.23. The standard InChI is InChI=1S/C20H18F3N3O4/c1-12-2-5-17(29-12)19(28)26-8-6-25(7-9-26)18(27)16-10-13-3-4-14(11-15(13)24-16)30-20(21,22)23/h2-5,10-11,24H,6-9H2,1H3. The van der Waals surface area contributed by atoms with Gasteiger partial charge in [0.1, 0.15) is 17.2 Å². The number of piperazine rings is 1. The molecule has 7 nitrogen and oxygen atoms in total. The first-order valence-electron chi connectivity index (χ1n) is 9.23. The number of fused-ring (bicyclic) bond motifs is 1. The quantitative estimate of drug-likeness (QED) is 0.702. The van der Waals surface area contributed by atoms with Crippen molar-refractivity contribution in [2.75, 3.05) is 26.2 Å². The Bertz CT molecular complexity index is 1090. The number of ether oxygens (including phenoxy) is 1. The highest BCUT2D eigenvalue weighted by Crippen LogP contribution is 2.27. The van der Waals surface area contributed by atoms with Crippen molar-refractivity contribution >= 4 is 22.7 Å². The van der Waals surface area contributed by atoms with Crippen molar-refractivity contribution < 1.29 is 31.9 Å². The lowest BCUT2D eigenvalue weighted by Gasteiger charge is -2.34. The minimum absolute atomic E-state index is 0.224. The summed E-state index contributed by atoms with van der Waals surface area (Å²) in [6, 6.07) is 8.76. The van der Waals surface area contributed by atoms with E-state index in [0.29, 0.717) is 42.8 Å². The van der Waals surface area contributed by atoms with Gasteiger partial charge >= 0.3 is 6.36 Å². The molecule has 3 aromatic rings. The molecule has 0 radical (unpaired) electrons. The number of rotatable bonds is 3. The molecule has 0 atom stereocenters. The fourth-order valence-corrected chi connectivity index (χ4v) is 3.41. The fraction of sp³-hybridized carbons (Fsp3) is 0.300. The van der Waals surface area contributed by atoms with Crippen molar-refractivity contribution in [1.29, 1.82) is 0 Å². The van der Waals surface area contributed by atoms with Gasteiger partial charge in [0.2, 0.25) is 0 Å². The molecule has 0 unspecified atom stereocenters. The maximum Gasteiger partial charge on any atom is 0.573 e. The second-order valence-electron chi connectivity index (χ2n) is 6.97. The smallest absolute Gasteiger partial charge is 0.456 e. The topological polar surface area (TPSA) is 78.8 Å². The largest absolute Gasteiger partial charge is 0.573 e. The number of alkyl halides is 3. The van der Waals surface area contributed by atoms with E-state index >= 15 is 0 Å². The second kappa shape index (κ2) is 7.43. The number of carbonyl (C=O) groups excluding carboxylic acids is 2. The Kier molecular flexibility index (Phi) is 4.92. The first kappa shape index (κ1) is 19.9. The molecular formula is C20H18F3N3O4. The molecule has 1 saturated heterocycles. The summed E-state index contributed by atoms with van der Waals surface area (Å²) in [6.45, 7) is 3.14. The minimum atomic E-state index is -4.79. The molecule has 0 saturated carbocycles. The summed E-state index contributed by atoms with van der Waals surface area (Å²) in [5.74, 6) is 0.0362. The highest BCUT2D eigenvalue weighted by Gasteiger charge is 2.31. The van der Waals surface area contributed by atoms with Gasteiger partial charge in [-0.15, -0.1) is 13.2 Å². The number of aryl methyl sites for hydroxylation is 1. The number of aromatic amines is 1. The van der Waals surface area contributed by atoms with Crippen molar-refractivity contribution in [2.45, 2.75) is 13.3 Å². The van der Waals surface area contributed by atoms with Crippen LogP contribution in [-0.2, 0) is 0 Å². The fourth-order valence-electron chi connectivity index (χ4n) is 3.41. The van der Waals surface area contributed by atoms with Crippen molar-refractivity contribution in [3.8, 4) is 5.75 Å². The molecule has 1 aromatic carbocycles. The normalized spacial score (nSPS) is 14.9. The molecule has 1 N–H and O–H groups in total. The summed E-state index contributed by atoms with van der Waals surface area (Å²) in [5, 5.41) is 0.592. The summed E-state index contributed by atoms with van der Waals surface area (Å²) < 4.78 is 46.4. The lowest BCUT2D eigenvalue weighted by Crippen LogP contribution is -2.50. The molecule has 0 spiro atoms. The molecule has 1 aliphatic heterocycles. The molecule has 2 aromatic heterocycles. The maximum absolute atomic E-state index is 12.8. The Morgan fingerprint density at radius 1 is 1.00 bits per heavy atom. The molecule has 4 rings (SSSR count). The average Bonchev–Trinajstić information content (AvgIpc) is 3.31. The summed E-state index contributed by atoms with van der Waals surface area (Å²) >= 11 is 0.